The van der Waals surface area contributed by atoms with Gasteiger partial charge in [0.2, 0.25) is 0 Å². The van der Waals surface area contributed by atoms with E-state index in [1.54, 1.807) is 0 Å². The molecule has 4 saturated carbocycles. The van der Waals surface area contributed by atoms with Gasteiger partial charge in [0.1, 0.15) is 6.10 Å². The second-order valence-electron chi connectivity index (χ2n) is 8.97. The Kier molecular flexibility index (Phi) is 4.22. The largest absolute Gasteiger partial charge is 0.481 e. The highest BCUT2D eigenvalue weighted by atomic mass is 16.5. The molecule has 0 aromatic heterocycles. The van der Waals surface area contributed by atoms with Crippen LogP contribution in [0.25, 0.3) is 0 Å². The van der Waals surface area contributed by atoms with E-state index in [0.29, 0.717) is 11.8 Å². The third-order valence-corrected chi connectivity index (χ3v) is 7.14. The Morgan fingerprint density at radius 3 is 2.21 bits per heavy atom. The molecule has 4 fully saturated rings. The minimum atomic E-state index is -1.08. The number of fused-ring (bicyclic) bond motifs is 1. The average molecular weight is 397 g/mol. The quantitative estimate of drug-likeness (QED) is 0.606. The maximum atomic E-state index is 12.8. The number of amides is 2. The Morgan fingerprint density at radius 2 is 1.59 bits per heavy atom. The van der Waals surface area contributed by atoms with Gasteiger partial charge < -0.3 is 9.84 Å². The molecule has 7 nitrogen and oxygen atoms in total. The van der Waals surface area contributed by atoms with Gasteiger partial charge in [-0.05, 0) is 74.0 Å². The lowest BCUT2D eigenvalue weighted by molar-refractivity contribution is -0.137. The summed E-state index contributed by atoms with van der Waals surface area (Å²) >= 11 is 0. The van der Waals surface area contributed by atoms with Crippen molar-refractivity contribution >= 4 is 23.8 Å². The third kappa shape index (κ3) is 3.03. The average Bonchev–Trinajstić information content (AvgIpc) is 2.92. The number of nitrogens with zero attached hydrogens (tertiary/aromatic N) is 1. The fourth-order valence-corrected chi connectivity index (χ4v) is 6.09. The van der Waals surface area contributed by atoms with Gasteiger partial charge in [0.25, 0.3) is 11.8 Å². The van der Waals surface area contributed by atoms with Crippen LogP contribution in [0.5, 0.6) is 0 Å². The first-order chi connectivity index (χ1) is 13.9. The van der Waals surface area contributed by atoms with Crippen molar-refractivity contribution in [3.8, 4) is 0 Å². The Morgan fingerprint density at radius 1 is 0.966 bits per heavy atom. The van der Waals surface area contributed by atoms with Crippen LogP contribution in [0, 0.1) is 23.7 Å². The highest BCUT2D eigenvalue weighted by molar-refractivity contribution is 6.22. The maximum absolute atomic E-state index is 12.8. The lowest BCUT2D eigenvalue weighted by Gasteiger charge is -2.53. The van der Waals surface area contributed by atoms with Crippen LogP contribution in [0.15, 0.2) is 18.2 Å². The number of carbonyl (C=O) groups is 4. The Balaban J connectivity index is 1.32. The molecule has 152 valence electrons. The molecule has 0 atom stereocenters. The second kappa shape index (κ2) is 6.68. The van der Waals surface area contributed by atoms with Gasteiger partial charge >= 0.3 is 11.9 Å². The number of carboxylic acids is 1. The molecule has 7 heteroatoms. The van der Waals surface area contributed by atoms with Crippen molar-refractivity contribution in [2.45, 2.75) is 44.6 Å². The fourth-order valence-electron chi connectivity index (χ4n) is 6.09. The van der Waals surface area contributed by atoms with Crippen LogP contribution in [-0.4, -0.2) is 46.4 Å². The number of imide groups is 1. The number of carboxylic acid groups (broad SMARTS) is 1. The molecule has 0 radical (unpaired) electrons. The monoisotopic (exact) mass is 397 g/mol. The predicted octanol–water partition coefficient (Wildman–Crippen LogP) is 2.74. The topological polar surface area (TPSA) is 101 Å². The highest BCUT2D eigenvalue weighted by Gasteiger charge is 2.50. The first kappa shape index (κ1) is 18.3. The number of hydrogen-bond donors (Lipinski definition) is 1. The van der Waals surface area contributed by atoms with Crippen molar-refractivity contribution in [1.29, 1.82) is 0 Å². The van der Waals surface area contributed by atoms with Crippen molar-refractivity contribution in [1.82, 2.24) is 4.90 Å². The molecule has 5 aliphatic rings. The summed E-state index contributed by atoms with van der Waals surface area (Å²) in [6, 6.07) is 4.39. The summed E-state index contributed by atoms with van der Waals surface area (Å²) in [5.74, 6) is -0.154. The Bertz CT molecular complexity index is 894. The molecule has 1 aliphatic heterocycles. The van der Waals surface area contributed by atoms with E-state index in [4.69, 9.17) is 9.84 Å². The van der Waals surface area contributed by atoms with E-state index in [9.17, 15) is 19.2 Å². The minimum Gasteiger partial charge on any atom is -0.481 e. The number of hydrogen-bond acceptors (Lipinski definition) is 5. The van der Waals surface area contributed by atoms with E-state index < -0.39 is 23.8 Å². The van der Waals surface area contributed by atoms with Crippen molar-refractivity contribution in [2.24, 2.45) is 23.7 Å². The first-order valence-electron chi connectivity index (χ1n) is 10.3. The van der Waals surface area contributed by atoms with Crippen LogP contribution in [0.3, 0.4) is 0 Å². The smallest absolute Gasteiger partial charge is 0.338 e. The number of aliphatic carboxylic acids is 1. The van der Waals surface area contributed by atoms with E-state index in [-0.39, 0.29) is 35.8 Å². The minimum absolute atomic E-state index is 0.0482. The van der Waals surface area contributed by atoms with Crippen LogP contribution >= 0.6 is 0 Å². The van der Waals surface area contributed by atoms with Crippen LogP contribution < -0.4 is 0 Å². The van der Waals surface area contributed by atoms with Gasteiger partial charge in [0.05, 0.1) is 23.1 Å². The van der Waals surface area contributed by atoms with Gasteiger partial charge in [-0.2, -0.15) is 0 Å². The van der Waals surface area contributed by atoms with Gasteiger partial charge in [0, 0.05) is 6.54 Å². The summed E-state index contributed by atoms with van der Waals surface area (Å²) in [5.41, 5.74) is 0.602. The molecule has 2 amide bonds. The molecule has 1 aromatic rings. The van der Waals surface area contributed by atoms with Gasteiger partial charge in [-0.1, -0.05) is 0 Å². The molecule has 1 N–H and O–H groups in total. The molecule has 6 rings (SSSR count). The lowest BCUT2D eigenvalue weighted by Crippen LogP contribution is -2.50. The zero-order valence-corrected chi connectivity index (χ0v) is 16.0. The number of esters is 1. The molecule has 29 heavy (non-hydrogen) atoms. The van der Waals surface area contributed by atoms with Gasteiger partial charge in [0.15, 0.2) is 0 Å². The van der Waals surface area contributed by atoms with Gasteiger partial charge in [-0.15, -0.1) is 0 Å². The van der Waals surface area contributed by atoms with Crippen LogP contribution in [0.4, 0.5) is 0 Å². The summed E-state index contributed by atoms with van der Waals surface area (Å²) in [6.07, 6.45) is 5.52. The molecular weight excluding hydrogens is 374 g/mol. The predicted molar refractivity (Wildman–Crippen MR) is 100 cm³/mol. The van der Waals surface area contributed by atoms with Crippen molar-refractivity contribution < 1.29 is 29.0 Å². The highest BCUT2D eigenvalue weighted by Crippen LogP contribution is 2.54. The maximum Gasteiger partial charge on any atom is 0.338 e. The number of carbonyl (C=O) groups excluding carboxylic acids is 3. The zero-order chi connectivity index (χ0) is 20.3. The summed E-state index contributed by atoms with van der Waals surface area (Å²) in [4.78, 5) is 49.4. The van der Waals surface area contributed by atoms with Gasteiger partial charge in [-0.3, -0.25) is 19.3 Å². The standard InChI is InChI=1S/C22H23NO6/c24-18(25)3-4-23-20(26)16-2-1-13(10-17(16)21(23)27)22(28)29-19-14-6-11-5-12(8-14)9-15(19)7-11/h1-2,10-12,14-15,19H,3-9H2,(H,24,25). The first-order valence-corrected chi connectivity index (χ1v) is 10.3. The summed E-state index contributed by atoms with van der Waals surface area (Å²) in [5, 5.41) is 8.81. The number of ether oxygens (including phenoxy) is 1. The molecule has 0 unspecified atom stereocenters. The fraction of sp³-hybridized carbons (Fsp3) is 0.545. The van der Waals surface area contributed by atoms with E-state index in [1.165, 1.54) is 24.6 Å². The molecule has 1 heterocycles. The molecular formula is C22H23NO6. The number of benzene rings is 1. The van der Waals surface area contributed by atoms with E-state index in [2.05, 4.69) is 0 Å². The van der Waals surface area contributed by atoms with Crippen LogP contribution in [0.1, 0.15) is 69.6 Å². The number of rotatable bonds is 5. The van der Waals surface area contributed by atoms with E-state index in [1.807, 2.05) is 0 Å². The molecule has 4 bridgehead atoms. The van der Waals surface area contributed by atoms with Crippen LogP contribution in [-0.2, 0) is 9.53 Å². The van der Waals surface area contributed by atoms with E-state index >= 15 is 0 Å². The molecule has 4 aliphatic carbocycles. The second-order valence-corrected chi connectivity index (χ2v) is 8.97. The van der Waals surface area contributed by atoms with Crippen molar-refractivity contribution in [3.05, 3.63) is 34.9 Å². The molecule has 0 saturated heterocycles. The van der Waals surface area contributed by atoms with Crippen molar-refractivity contribution in [3.63, 3.8) is 0 Å². The molecule has 1 aromatic carbocycles. The van der Waals surface area contributed by atoms with Gasteiger partial charge in [-0.25, -0.2) is 4.79 Å². The lowest BCUT2D eigenvalue weighted by atomic mass is 9.55. The summed E-state index contributed by atoms with van der Waals surface area (Å²) in [6.45, 7) is -0.185. The van der Waals surface area contributed by atoms with Crippen LogP contribution in [0.2, 0.25) is 0 Å². The zero-order valence-electron chi connectivity index (χ0n) is 16.0. The SMILES string of the molecule is O=C(O)CCN1C(=O)c2ccc(C(=O)OC3C4CC5CC(C4)CC3C5)cc2C1=O. The Hall–Kier alpha value is -2.70. The normalized spacial score (nSPS) is 31.9. The van der Waals surface area contributed by atoms with Crippen molar-refractivity contribution in [2.75, 3.05) is 6.54 Å². The van der Waals surface area contributed by atoms with E-state index in [0.717, 1.165) is 42.4 Å². The summed E-state index contributed by atoms with van der Waals surface area (Å²) in [7, 11) is 0. The molecule has 0 spiro atoms. The summed E-state index contributed by atoms with van der Waals surface area (Å²) < 4.78 is 5.91. The third-order valence-electron chi connectivity index (χ3n) is 7.14. The Labute approximate surface area is 168 Å².